The van der Waals surface area contributed by atoms with Crippen LogP contribution in [-0.4, -0.2) is 46.2 Å². The Morgan fingerprint density at radius 3 is 2.75 bits per heavy atom. The van der Waals surface area contributed by atoms with Crippen molar-refractivity contribution < 1.29 is 14.0 Å². The van der Waals surface area contributed by atoms with Crippen LogP contribution in [0.2, 0.25) is 0 Å². The largest absolute Gasteiger partial charge is 0.403 e. The van der Waals surface area contributed by atoms with Gasteiger partial charge in [-0.2, -0.15) is 4.98 Å². The minimum Gasteiger partial charge on any atom is -0.403 e. The van der Waals surface area contributed by atoms with Crippen molar-refractivity contribution in [1.82, 2.24) is 20.2 Å². The smallest absolute Gasteiger partial charge is 0.337 e. The maximum Gasteiger partial charge on any atom is 0.337 e. The molecule has 2 N–H and O–H groups in total. The first-order valence-corrected chi connectivity index (χ1v) is 9.19. The fourth-order valence-electron chi connectivity index (χ4n) is 2.58. The molecule has 0 saturated heterocycles. The molecule has 0 aliphatic rings. The number of rotatable bonds is 8. The van der Waals surface area contributed by atoms with E-state index in [1.807, 2.05) is 20.8 Å². The molecule has 2 aromatic heterocycles. The van der Waals surface area contributed by atoms with E-state index in [1.54, 1.807) is 11.8 Å². The Balaban J connectivity index is 2.13. The van der Waals surface area contributed by atoms with E-state index in [0.717, 1.165) is 0 Å². The maximum absolute atomic E-state index is 12.3. The molecule has 10 heteroatoms. The van der Waals surface area contributed by atoms with Crippen molar-refractivity contribution in [2.24, 2.45) is 5.16 Å². The van der Waals surface area contributed by atoms with Crippen LogP contribution in [0.15, 0.2) is 25.2 Å². The number of aromatic amines is 1. The highest BCUT2D eigenvalue weighted by atomic mass is 16.6. The lowest BCUT2D eigenvalue weighted by Crippen LogP contribution is -2.40. The number of H-pyrrole nitrogens is 1. The number of fused-ring (bicyclic) bond motifs is 1. The maximum atomic E-state index is 12.3. The van der Waals surface area contributed by atoms with Crippen molar-refractivity contribution in [3.05, 3.63) is 32.4 Å². The molecule has 0 aliphatic heterocycles. The number of carbonyl (C=O) groups is 1. The summed E-state index contributed by atoms with van der Waals surface area (Å²) in [4.78, 5) is 49.1. The van der Waals surface area contributed by atoms with Gasteiger partial charge in [-0.25, -0.2) is 9.59 Å². The Labute approximate surface area is 161 Å². The molecule has 2 heterocycles. The van der Waals surface area contributed by atoms with Gasteiger partial charge in [0.25, 0.3) is 5.56 Å². The highest BCUT2D eigenvalue weighted by Crippen LogP contribution is 2.13. The van der Waals surface area contributed by atoms with Gasteiger partial charge in [-0.15, -0.1) is 0 Å². The van der Waals surface area contributed by atoms with Crippen molar-refractivity contribution in [1.29, 1.82) is 0 Å². The first-order chi connectivity index (χ1) is 13.4. The van der Waals surface area contributed by atoms with Gasteiger partial charge in [-0.05, 0) is 32.8 Å². The molecule has 0 saturated carbocycles. The first-order valence-electron chi connectivity index (χ1n) is 9.19. The zero-order valence-corrected chi connectivity index (χ0v) is 16.5. The third kappa shape index (κ3) is 5.18. The van der Waals surface area contributed by atoms with Gasteiger partial charge in [-0.3, -0.25) is 9.78 Å². The number of nitrogens with zero attached hydrogens (tertiary/aromatic N) is 3. The molecule has 2 amide bonds. The second kappa shape index (κ2) is 9.67. The number of aryl methyl sites for hydroxylation is 1. The Morgan fingerprint density at radius 1 is 1.36 bits per heavy atom. The van der Waals surface area contributed by atoms with Gasteiger partial charge < -0.3 is 19.5 Å². The van der Waals surface area contributed by atoms with Gasteiger partial charge in [0, 0.05) is 32.1 Å². The van der Waals surface area contributed by atoms with Crippen LogP contribution in [0.4, 0.5) is 4.79 Å². The number of hydrogen-bond donors (Lipinski definition) is 2. The number of oxime groups is 1. The van der Waals surface area contributed by atoms with Crippen LogP contribution < -0.4 is 21.3 Å². The van der Waals surface area contributed by atoms with Gasteiger partial charge in [0.2, 0.25) is 5.71 Å². The zero-order chi connectivity index (χ0) is 20.7. The predicted octanol–water partition coefficient (Wildman–Crippen LogP) is 1.63. The summed E-state index contributed by atoms with van der Waals surface area (Å²) < 4.78 is 5.01. The van der Waals surface area contributed by atoms with E-state index in [9.17, 15) is 14.4 Å². The number of hydrogen-bond acceptors (Lipinski definition) is 7. The molecule has 10 nitrogen and oxygen atoms in total. The van der Waals surface area contributed by atoms with Gasteiger partial charge in [0.15, 0.2) is 0 Å². The van der Waals surface area contributed by atoms with Crippen LogP contribution >= 0.6 is 0 Å². The van der Waals surface area contributed by atoms with Crippen molar-refractivity contribution in [2.75, 3.05) is 19.6 Å². The summed E-state index contributed by atoms with van der Waals surface area (Å²) in [6, 6.07) is 0.960. The molecule has 2 aromatic rings. The third-order valence-electron chi connectivity index (χ3n) is 4.08. The summed E-state index contributed by atoms with van der Waals surface area (Å²) in [7, 11) is 0. The Bertz CT molecular complexity index is 978. The van der Waals surface area contributed by atoms with Crippen LogP contribution in [0.25, 0.3) is 11.1 Å². The van der Waals surface area contributed by atoms with Crippen molar-refractivity contribution in [2.45, 2.75) is 40.5 Å². The molecular formula is C18H25N5O5. The normalized spacial score (nSPS) is 11.5. The van der Waals surface area contributed by atoms with Gasteiger partial charge >= 0.3 is 17.7 Å². The fourth-order valence-corrected chi connectivity index (χ4v) is 2.58. The van der Waals surface area contributed by atoms with Gasteiger partial charge in [-0.1, -0.05) is 12.1 Å². The van der Waals surface area contributed by atoms with E-state index in [0.29, 0.717) is 43.8 Å². The van der Waals surface area contributed by atoms with E-state index in [4.69, 9.17) is 9.25 Å². The van der Waals surface area contributed by atoms with Gasteiger partial charge in [0.1, 0.15) is 5.39 Å². The highest BCUT2D eigenvalue weighted by molar-refractivity contribution is 5.82. The van der Waals surface area contributed by atoms with Crippen LogP contribution in [0.1, 0.15) is 39.7 Å². The molecule has 0 fully saturated rings. The van der Waals surface area contributed by atoms with Crippen LogP contribution in [0.3, 0.4) is 0 Å². The fraction of sp³-hybridized carbons (Fsp3) is 0.500. The van der Waals surface area contributed by atoms with E-state index in [-0.39, 0.29) is 23.1 Å². The lowest BCUT2D eigenvalue weighted by atomic mass is 10.1. The summed E-state index contributed by atoms with van der Waals surface area (Å²) in [6.07, 6.45) is 0.974. The highest BCUT2D eigenvalue weighted by Gasteiger charge is 2.13. The Morgan fingerprint density at radius 2 is 2.11 bits per heavy atom. The lowest BCUT2D eigenvalue weighted by Gasteiger charge is -2.20. The molecule has 0 aromatic carbocycles. The number of carbonyl (C=O) groups excluding carboxylic acids is 1. The van der Waals surface area contributed by atoms with Crippen molar-refractivity contribution >= 4 is 22.8 Å². The van der Waals surface area contributed by atoms with E-state index < -0.39 is 11.2 Å². The minimum atomic E-state index is -0.585. The van der Waals surface area contributed by atoms with Crippen LogP contribution in [0.5, 0.6) is 6.01 Å². The Hall–Kier alpha value is -3.17. The second-order valence-electron chi connectivity index (χ2n) is 6.08. The molecule has 152 valence electrons. The number of urea groups is 1. The monoisotopic (exact) mass is 391 g/mol. The molecule has 0 unspecified atom stereocenters. The van der Waals surface area contributed by atoms with E-state index >= 15 is 0 Å². The topological polar surface area (TPSA) is 130 Å². The molecule has 2 rings (SSSR count). The van der Waals surface area contributed by atoms with Crippen molar-refractivity contribution in [3.8, 4) is 6.01 Å². The predicted molar refractivity (Wildman–Crippen MR) is 105 cm³/mol. The molecule has 0 radical (unpaired) electrons. The molecule has 28 heavy (non-hydrogen) atoms. The van der Waals surface area contributed by atoms with E-state index in [2.05, 4.69) is 20.4 Å². The molecule has 0 aliphatic carbocycles. The summed E-state index contributed by atoms with van der Waals surface area (Å²) in [6.45, 7) is 8.90. The van der Waals surface area contributed by atoms with Crippen LogP contribution in [0, 0.1) is 0 Å². The zero-order valence-electron chi connectivity index (χ0n) is 16.5. The van der Waals surface area contributed by atoms with E-state index in [1.165, 1.54) is 6.07 Å². The average molecular weight is 391 g/mol. The standard InChI is InChI=1S/C18H25N5O5/c1-5-12-10-13(24)27-16-14(12)15(25)20-17(21-16)28-22-11(4)8-9-23(7-3)18(26)19-6-2/h10H,5-9H2,1-4H3,(H,19,26)(H,20,21,25)/b22-11+. The summed E-state index contributed by atoms with van der Waals surface area (Å²) in [5.74, 6) is 0. The quantitative estimate of drug-likeness (QED) is 0.520. The SMILES string of the molecule is CCNC(=O)N(CC)CC/C(C)=N/Oc1nc2oc(=O)cc(CC)c2c(=O)[nH]1. The van der Waals surface area contributed by atoms with Gasteiger partial charge in [0.05, 0.1) is 5.71 Å². The summed E-state index contributed by atoms with van der Waals surface area (Å²) in [5, 5.41) is 6.89. The average Bonchev–Trinajstić information content (AvgIpc) is 2.66. The number of nitrogens with one attached hydrogen (secondary N) is 2. The number of amides is 2. The van der Waals surface area contributed by atoms with Crippen molar-refractivity contribution in [3.63, 3.8) is 0 Å². The lowest BCUT2D eigenvalue weighted by molar-refractivity contribution is 0.202. The third-order valence-corrected chi connectivity index (χ3v) is 4.08. The number of aromatic nitrogens is 2. The van der Waals surface area contributed by atoms with Crippen LogP contribution in [-0.2, 0) is 6.42 Å². The molecule has 0 spiro atoms. The summed E-state index contributed by atoms with van der Waals surface area (Å²) >= 11 is 0. The summed E-state index contributed by atoms with van der Waals surface area (Å²) in [5.41, 5.74) is 0.00907. The minimum absolute atomic E-state index is 0.0932. The molecule has 0 atom stereocenters. The Kier molecular flexibility index (Phi) is 7.30. The molecule has 0 bridgehead atoms. The first kappa shape index (κ1) is 21.1. The second-order valence-corrected chi connectivity index (χ2v) is 6.08. The molecular weight excluding hydrogens is 366 g/mol.